The van der Waals surface area contributed by atoms with Crippen LogP contribution in [-0.4, -0.2) is 40.4 Å². The zero-order chi connectivity index (χ0) is 16.6. The maximum absolute atomic E-state index is 12.7. The molecule has 0 spiro atoms. The summed E-state index contributed by atoms with van der Waals surface area (Å²) >= 11 is 0. The number of aromatic nitrogens is 3. The van der Waals surface area contributed by atoms with E-state index in [1.165, 1.54) is 0 Å². The standard InChI is InChI=1S/C17H18N4O2S/c22-24(23,15-6-2-1-3-7-15)20-12-9-14(10-13-20)17-19-18-16-8-4-5-11-21(16)17/h1-8,11,14H,9-10,12-13H2. The third-order valence-electron chi connectivity index (χ3n) is 4.54. The van der Waals surface area contributed by atoms with Gasteiger partial charge >= 0.3 is 0 Å². The largest absolute Gasteiger partial charge is 0.286 e. The Labute approximate surface area is 140 Å². The average molecular weight is 342 g/mol. The monoisotopic (exact) mass is 342 g/mol. The Morgan fingerprint density at radius 3 is 2.38 bits per heavy atom. The number of hydrogen-bond acceptors (Lipinski definition) is 4. The van der Waals surface area contributed by atoms with Gasteiger partial charge in [0.15, 0.2) is 5.65 Å². The molecule has 0 aliphatic carbocycles. The molecule has 7 heteroatoms. The fourth-order valence-electron chi connectivity index (χ4n) is 3.23. The van der Waals surface area contributed by atoms with Crippen LogP contribution < -0.4 is 0 Å². The first-order valence-corrected chi connectivity index (χ1v) is 9.45. The molecule has 3 heterocycles. The zero-order valence-electron chi connectivity index (χ0n) is 13.1. The lowest BCUT2D eigenvalue weighted by molar-refractivity contribution is 0.312. The molecule has 24 heavy (non-hydrogen) atoms. The number of piperidine rings is 1. The average Bonchev–Trinajstić information content (AvgIpc) is 3.07. The molecular formula is C17H18N4O2S. The van der Waals surface area contributed by atoms with Crippen molar-refractivity contribution in [3.8, 4) is 0 Å². The summed E-state index contributed by atoms with van der Waals surface area (Å²) in [6.07, 6.45) is 3.46. The minimum Gasteiger partial charge on any atom is -0.286 e. The Kier molecular flexibility index (Phi) is 3.82. The Bertz CT molecular complexity index is 945. The molecule has 0 radical (unpaired) electrons. The number of hydrogen-bond donors (Lipinski definition) is 0. The van der Waals surface area contributed by atoms with E-state index >= 15 is 0 Å². The van der Waals surface area contributed by atoms with Crippen molar-refractivity contribution in [3.05, 3.63) is 60.6 Å². The Morgan fingerprint density at radius 1 is 0.917 bits per heavy atom. The molecule has 3 aromatic rings. The number of fused-ring (bicyclic) bond motifs is 1. The van der Waals surface area contributed by atoms with E-state index in [4.69, 9.17) is 0 Å². The van der Waals surface area contributed by atoms with Gasteiger partial charge in [0.05, 0.1) is 4.90 Å². The van der Waals surface area contributed by atoms with Gasteiger partial charge in [-0.15, -0.1) is 10.2 Å². The van der Waals surface area contributed by atoms with Crippen molar-refractivity contribution >= 4 is 15.7 Å². The van der Waals surface area contributed by atoms with Crippen LogP contribution in [0, 0.1) is 0 Å². The van der Waals surface area contributed by atoms with Crippen LogP contribution in [0.5, 0.6) is 0 Å². The lowest BCUT2D eigenvalue weighted by Crippen LogP contribution is -2.38. The molecule has 0 N–H and O–H groups in total. The van der Waals surface area contributed by atoms with Crippen molar-refractivity contribution in [1.29, 1.82) is 0 Å². The summed E-state index contributed by atoms with van der Waals surface area (Å²) in [4.78, 5) is 0.358. The van der Waals surface area contributed by atoms with Gasteiger partial charge in [0.2, 0.25) is 10.0 Å². The van der Waals surface area contributed by atoms with E-state index in [-0.39, 0.29) is 5.92 Å². The number of rotatable bonds is 3. The Balaban J connectivity index is 1.53. The highest BCUT2D eigenvalue weighted by Crippen LogP contribution is 2.29. The van der Waals surface area contributed by atoms with Crippen molar-refractivity contribution in [2.24, 2.45) is 0 Å². The van der Waals surface area contributed by atoms with E-state index in [0.29, 0.717) is 18.0 Å². The van der Waals surface area contributed by atoms with Crippen LogP contribution in [0.2, 0.25) is 0 Å². The van der Waals surface area contributed by atoms with Crippen LogP contribution in [0.1, 0.15) is 24.6 Å². The predicted molar refractivity (Wildman–Crippen MR) is 90.2 cm³/mol. The lowest BCUT2D eigenvalue weighted by atomic mass is 9.97. The van der Waals surface area contributed by atoms with Gasteiger partial charge in [-0.3, -0.25) is 4.40 Å². The minimum absolute atomic E-state index is 0.227. The first kappa shape index (κ1) is 15.3. The quantitative estimate of drug-likeness (QED) is 0.732. The van der Waals surface area contributed by atoms with Crippen LogP contribution in [0.15, 0.2) is 59.6 Å². The van der Waals surface area contributed by atoms with Gasteiger partial charge in [0.1, 0.15) is 5.82 Å². The number of pyridine rings is 1. The second kappa shape index (κ2) is 5.99. The molecule has 1 saturated heterocycles. The predicted octanol–water partition coefficient (Wildman–Crippen LogP) is 2.30. The van der Waals surface area contributed by atoms with Crippen molar-refractivity contribution in [3.63, 3.8) is 0 Å². The third kappa shape index (κ3) is 2.59. The highest BCUT2D eigenvalue weighted by Gasteiger charge is 2.31. The first-order chi connectivity index (χ1) is 11.7. The molecule has 6 nitrogen and oxygen atoms in total. The molecule has 0 atom stereocenters. The summed E-state index contributed by atoms with van der Waals surface area (Å²) in [7, 11) is -3.41. The summed E-state index contributed by atoms with van der Waals surface area (Å²) < 4.78 is 28.9. The summed E-state index contributed by atoms with van der Waals surface area (Å²) in [5, 5.41) is 8.50. The van der Waals surface area contributed by atoms with Gasteiger partial charge in [0, 0.05) is 25.2 Å². The molecule has 0 amide bonds. The van der Waals surface area contributed by atoms with Crippen LogP contribution in [0.4, 0.5) is 0 Å². The topological polar surface area (TPSA) is 67.6 Å². The van der Waals surface area contributed by atoms with Gasteiger partial charge in [-0.2, -0.15) is 4.31 Å². The SMILES string of the molecule is O=S(=O)(c1ccccc1)N1CCC(c2nnc3ccccn23)CC1. The van der Waals surface area contributed by atoms with Gasteiger partial charge in [-0.05, 0) is 37.1 Å². The normalized spacial score (nSPS) is 17.3. The number of sulfonamides is 1. The summed E-state index contributed by atoms with van der Waals surface area (Å²) in [5.41, 5.74) is 0.826. The van der Waals surface area contributed by atoms with Crippen molar-refractivity contribution in [1.82, 2.24) is 18.9 Å². The second-order valence-corrected chi connectivity index (χ2v) is 7.92. The molecule has 1 aliphatic heterocycles. The summed E-state index contributed by atoms with van der Waals surface area (Å²) in [6.45, 7) is 1.01. The van der Waals surface area contributed by atoms with Gasteiger partial charge < -0.3 is 0 Å². The fourth-order valence-corrected chi connectivity index (χ4v) is 4.72. The Morgan fingerprint density at radius 2 is 1.62 bits per heavy atom. The van der Waals surface area contributed by atoms with Crippen molar-refractivity contribution in [2.45, 2.75) is 23.7 Å². The van der Waals surface area contributed by atoms with E-state index in [9.17, 15) is 8.42 Å². The van der Waals surface area contributed by atoms with Crippen molar-refractivity contribution in [2.75, 3.05) is 13.1 Å². The molecule has 0 unspecified atom stereocenters. The van der Waals surface area contributed by atoms with E-state index in [1.807, 2.05) is 34.9 Å². The smallest absolute Gasteiger partial charge is 0.243 e. The Hall–Kier alpha value is -2.25. The summed E-state index contributed by atoms with van der Waals surface area (Å²) in [6, 6.07) is 14.4. The number of nitrogens with zero attached hydrogens (tertiary/aromatic N) is 4. The lowest BCUT2D eigenvalue weighted by Gasteiger charge is -2.30. The van der Waals surface area contributed by atoms with Gasteiger partial charge in [-0.25, -0.2) is 8.42 Å². The zero-order valence-corrected chi connectivity index (χ0v) is 13.9. The maximum Gasteiger partial charge on any atom is 0.243 e. The van der Waals surface area contributed by atoms with Crippen molar-refractivity contribution < 1.29 is 8.42 Å². The molecular weight excluding hydrogens is 324 g/mol. The van der Waals surface area contributed by atoms with E-state index in [1.54, 1.807) is 28.6 Å². The fraction of sp³-hybridized carbons (Fsp3) is 0.294. The van der Waals surface area contributed by atoms with E-state index in [0.717, 1.165) is 24.3 Å². The molecule has 2 aromatic heterocycles. The molecule has 0 bridgehead atoms. The van der Waals surface area contributed by atoms with Crippen LogP contribution in [0.3, 0.4) is 0 Å². The number of benzene rings is 1. The molecule has 0 saturated carbocycles. The highest BCUT2D eigenvalue weighted by atomic mass is 32.2. The van der Waals surface area contributed by atoms with Crippen LogP contribution >= 0.6 is 0 Å². The van der Waals surface area contributed by atoms with Crippen LogP contribution in [0.25, 0.3) is 5.65 Å². The highest BCUT2D eigenvalue weighted by molar-refractivity contribution is 7.89. The maximum atomic E-state index is 12.7. The summed E-state index contributed by atoms with van der Waals surface area (Å²) in [5.74, 6) is 1.15. The molecule has 1 aliphatic rings. The second-order valence-electron chi connectivity index (χ2n) is 5.98. The third-order valence-corrected chi connectivity index (χ3v) is 6.45. The van der Waals surface area contributed by atoms with E-state index < -0.39 is 10.0 Å². The van der Waals surface area contributed by atoms with E-state index in [2.05, 4.69) is 10.2 Å². The van der Waals surface area contributed by atoms with Gasteiger partial charge in [-0.1, -0.05) is 24.3 Å². The molecule has 1 aromatic carbocycles. The van der Waals surface area contributed by atoms with Crippen LogP contribution in [-0.2, 0) is 10.0 Å². The first-order valence-electron chi connectivity index (χ1n) is 8.01. The van der Waals surface area contributed by atoms with Gasteiger partial charge in [0.25, 0.3) is 0 Å². The molecule has 124 valence electrons. The molecule has 4 rings (SSSR count). The molecule has 1 fully saturated rings. The minimum atomic E-state index is -3.41.